The van der Waals surface area contributed by atoms with Crippen molar-refractivity contribution >= 4 is 31.9 Å². The largest absolute Gasteiger partial charge is 0.383 e. The van der Waals surface area contributed by atoms with Crippen molar-refractivity contribution in [3.05, 3.63) is 56.9 Å². The van der Waals surface area contributed by atoms with E-state index >= 15 is 0 Å². The first-order valence-corrected chi connectivity index (χ1v) is 11.2. The highest BCUT2D eigenvalue weighted by Gasteiger charge is 2.31. The zero-order valence-corrected chi connectivity index (χ0v) is 18.2. The second kappa shape index (κ2) is 9.16. The van der Waals surface area contributed by atoms with Crippen molar-refractivity contribution in [2.75, 3.05) is 39.9 Å². The highest BCUT2D eigenvalue weighted by Crippen LogP contribution is 2.21. The Labute approximate surface area is 177 Å². The minimum Gasteiger partial charge on any atom is -0.383 e. The first kappa shape index (κ1) is 21.6. The smallest absolute Gasteiger partial charge is 0.274 e. The Balaban J connectivity index is 1.69. The number of aromatic nitrogens is 2. The number of benzene rings is 1. The fraction of sp³-hybridized carbons (Fsp3) is 0.389. The highest BCUT2D eigenvalue weighted by atomic mass is 79.9. The second-order valence-electron chi connectivity index (χ2n) is 6.43. The van der Waals surface area contributed by atoms with E-state index in [9.17, 15) is 18.0 Å². The molecule has 0 N–H and O–H groups in total. The van der Waals surface area contributed by atoms with Gasteiger partial charge in [-0.2, -0.15) is 9.40 Å². The van der Waals surface area contributed by atoms with Gasteiger partial charge in [-0.1, -0.05) is 22.0 Å². The van der Waals surface area contributed by atoms with Crippen molar-refractivity contribution in [3.63, 3.8) is 0 Å². The van der Waals surface area contributed by atoms with Crippen LogP contribution < -0.4 is 5.56 Å². The third-order valence-corrected chi connectivity index (χ3v) is 6.94. The predicted octanol–water partition coefficient (Wildman–Crippen LogP) is 0.799. The molecular weight excluding hydrogens is 464 g/mol. The van der Waals surface area contributed by atoms with Crippen molar-refractivity contribution < 1.29 is 17.9 Å². The Morgan fingerprint density at radius 2 is 1.90 bits per heavy atom. The molecule has 156 valence electrons. The minimum atomic E-state index is -3.63. The van der Waals surface area contributed by atoms with Gasteiger partial charge in [0.2, 0.25) is 10.0 Å². The van der Waals surface area contributed by atoms with E-state index in [1.165, 1.54) is 28.2 Å². The molecule has 9 nitrogen and oxygen atoms in total. The summed E-state index contributed by atoms with van der Waals surface area (Å²) < 4.78 is 33.8. The summed E-state index contributed by atoms with van der Waals surface area (Å²) in [7, 11) is -2.11. The number of halogens is 1. The average molecular weight is 485 g/mol. The van der Waals surface area contributed by atoms with Crippen molar-refractivity contribution in [1.82, 2.24) is 19.0 Å². The van der Waals surface area contributed by atoms with Gasteiger partial charge in [0, 0.05) is 43.8 Å². The third-order valence-electron chi connectivity index (χ3n) is 4.55. The lowest BCUT2D eigenvalue weighted by molar-refractivity contribution is 0.0688. The van der Waals surface area contributed by atoms with Gasteiger partial charge in [-0.05, 0) is 24.3 Å². The zero-order chi connectivity index (χ0) is 21.0. The Bertz CT molecular complexity index is 1050. The summed E-state index contributed by atoms with van der Waals surface area (Å²) >= 11 is 3.28. The van der Waals surface area contributed by atoms with Gasteiger partial charge in [-0.25, -0.2) is 13.1 Å². The van der Waals surface area contributed by atoms with Crippen LogP contribution in [-0.2, 0) is 21.3 Å². The average Bonchev–Trinajstić information content (AvgIpc) is 2.73. The van der Waals surface area contributed by atoms with E-state index in [2.05, 4.69) is 21.0 Å². The van der Waals surface area contributed by atoms with E-state index < -0.39 is 10.0 Å². The Morgan fingerprint density at radius 3 is 2.55 bits per heavy atom. The summed E-state index contributed by atoms with van der Waals surface area (Å²) in [6.07, 6.45) is 0. The van der Waals surface area contributed by atoms with Crippen LogP contribution in [0, 0.1) is 0 Å². The van der Waals surface area contributed by atoms with Crippen LogP contribution in [0.25, 0.3) is 0 Å². The number of sulfonamides is 1. The molecule has 1 aliphatic heterocycles. The van der Waals surface area contributed by atoms with Crippen molar-refractivity contribution in [2.45, 2.75) is 11.4 Å². The molecule has 2 aromatic rings. The molecule has 1 amide bonds. The molecule has 1 aromatic carbocycles. The van der Waals surface area contributed by atoms with Gasteiger partial charge < -0.3 is 9.64 Å². The third kappa shape index (κ3) is 4.92. The molecule has 0 aliphatic carbocycles. The molecule has 0 spiro atoms. The summed E-state index contributed by atoms with van der Waals surface area (Å²) in [6, 6.07) is 9.21. The quantitative estimate of drug-likeness (QED) is 0.600. The topological polar surface area (TPSA) is 102 Å². The van der Waals surface area contributed by atoms with Gasteiger partial charge in [0.25, 0.3) is 11.5 Å². The van der Waals surface area contributed by atoms with Crippen LogP contribution in [0.5, 0.6) is 0 Å². The van der Waals surface area contributed by atoms with Crippen LogP contribution in [0.1, 0.15) is 10.5 Å². The van der Waals surface area contributed by atoms with E-state index in [-0.39, 0.29) is 54.8 Å². The number of methoxy groups -OCH3 is 1. The monoisotopic (exact) mass is 484 g/mol. The molecule has 0 bridgehead atoms. The molecular formula is C18H21BrN4O5S. The van der Waals surface area contributed by atoms with E-state index in [1.807, 2.05) is 0 Å². The van der Waals surface area contributed by atoms with Crippen LogP contribution >= 0.6 is 15.9 Å². The van der Waals surface area contributed by atoms with Gasteiger partial charge in [0.05, 0.1) is 18.0 Å². The lowest BCUT2D eigenvalue weighted by Crippen LogP contribution is -2.50. The number of ether oxygens (including phenoxy) is 1. The summed E-state index contributed by atoms with van der Waals surface area (Å²) in [5.41, 5.74) is -0.174. The van der Waals surface area contributed by atoms with Crippen LogP contribution in [0.3, 0.4) is 0 Å². The number of amides is 1. The van der Waals surface area contributed by atoms with E-state index in [1.54, 1.807) is 29.2 Å². The van der Waals surface area contributed by atoms with Crippen molar-refractivity contribution in [3.8, 4) is 0 Å². The number of rotatable bonds is 6. The summed E-state index contributed by atoms with van der Waals surface area (Å²) in [5.74, 6) is -0.337. The van der Waals surface area contributed by atoms with Gasteiger partial charge in [0.1, 0.15) is 5.69 Å². The van der Waals surface area contributed by atoms with Gasteiger partial charge in [-0.15, -0.1) is 0 Å². The molecule has 1 aliphatic rings. The maximum Gasteiger partial charge on any atom is 0.274 e. The number of hydrogen-bond donors (Lipinski definition) is 0. The first-order valence-electron chi connectivity index (χ1n) is 8.95. The number of carbonyl (C=O) groups excluding carboxylic acids is 1. The molecule has 0 radical (unpaired) electrons. The Hall–Kier alpha value is -2.08. The van der Waals surface area contributed by atoms with Crippen LogP contribution in [-0.4, -0.2) is 73.2 Å². The lowest BCUT2D eigenvalue weighted by Gasteiger charge is -2.33. The molecule has 0 atom stereocenters. The number of hydrogen-bond acceptors (Lipinski definition) is 6. The van der Waals surface area contributed by atoms with Crippen LogP contribution in [0.4, 0.5) is 0 Å². The summed E-state index contributed by atoms with van der Waals surface area (Å²) in [4.78, 5) is 26.3. The molecule has 1 aromatic heterocycles. The second-order valence-corrected chi connectivity index (χ2v) is 9.28. The van der Waals surface area contributed by atoms with Crippen molar-refractivity contribution in [2.24, 2.45) is 0 Å². The molecule has 0 unspecified atom stereocenters. The molecule has 1 saturated heterocycles. The predicted molar refractivity (Wildman–Crippen MR) is 109 cm³/mol. The number of nitrogens with zero attached hydrogens (tertiary/aromatic N) is 4. The van der Waals surface area contributed by atoms with Crippen molar-refractivity contribution in [1.29, 1.82) is 0 Å². The molecule has 11 heteroatoms. The molecule has 0 saturated carbocycles. The molecule has 3 rings (SSSR count). The van der Waals surface area contributed by atoms with Gasteiger partial charge >= 0.3 is 0 Å². The van der Waals surface area contributed by atoms with Gasteiger partial charge in [0.15, 0.2) is 0 Å². The molecule has 1 fully saturated rings. The minimum absolute atomic E-state index is 0.143. The highest BCUT2D eigenvalue weighted by molar-refractivity contribution is 9.10. The first-order chi connectivity index (χ1) is 13.8. The number of piperazine rings is 1. The summed E-state index contributed by atoms with van der Waals surface area (Å²) in [6.45, 7) is 1.40. The van der Waals surface area contributed by atoms with Crippen LogP contribution in [0.2, 0.25) is 0 Å². The molecule has 29 heavy (non-hydrogen) atoms. The maximum atomic E-state index is 12.8. The SMILES string of the molecule is COCCn1nc(C(=O)N2CCN(S(=O)(=O)c3cccc(Br)c3)CC2)ccc1=O. The fourth-order valence-electron chi connectivity index (χ4n) is 2.97. The van der Waals surface area contributed by atoms with Crippen LogP contribution in [0.15, 0.2) is 50.6 Å². The Morgan fingerprint density at radius 1 is 1.17 bits per heavy atom. The lowest BCUT2D eigenvalue weighted by atomic mass is 10.3. The maximum absolute atomic E-state index is 12.8. The zero-order valence-electron chi connectivity index (χ0n) is 15.8. The summed E-state index contributed by atoms with van der Waals surface area (Å²) in [5, 5.41) is 4.11. The number of carbonyl (C=O) groups is 1. The Kier molecular flexibility index (Phi) is 6.83. The standard InChI is InChI=1S/C18H21BrN4O5S/c1-28-12-11-23-17(24)6-5-16(20-23)18(25)21-7-9-22(10-8-21)29(26,27)15-4-2-3-14(19)13-15/h2-6,13H,7-12H2,1H3. The van der Waals surface area contributed by atoms with E-state index in [0.29, 0.717) is 11.1 Å². The normalized spacial score (nSPS) is 15.4. The van der Waals surface area contributed by atoms with Gasteiger partial charge in [-0.3, -0.25) is 9.59 Å². The van der Waals surface area contributed by atoms with E-state index in [4.69, 9.17) is 4.74 Å². The molecule has 2 heterocycles. The van der Waals surface area contributed by atoms with E-state index in [0.717, 1.165) is 0 Å². The fourth-order valence-corrected chi connectivity index (χ4v) is 4.99.